The third-order valence-corrected chi connectivity index (χ3v) is 6.06. The number of thioether (sulfide) groups is 1. The summed E-state index contributed by atoms with van der Waals surface area (Å²) in [6.45, 7) is 4.12. The second-order valence-electron chi connectivity index (χ2n) is 7.09. The van der Waals surface area contributed by atoms with Crippen molar-refractivity contribution in [3.63, 3.8) is 0 Å². The minimum Gasteiger partial charge on any atom is -0.324 e. The van der Waals surface area contributed by atoms with Gasteiger partial charge >= 0.3 is 5.97 Å². The zero-order valence-electron chi connectivity index (χ0n) is 16.5. The number of hydrogen-bond acceptors (Lipinski definition) is 5. The van der Waals surface area contributed by atoms with E-state index in [2.05, 4.69) is 32.0 Å². The largest absolute Gasteiger partial charge is 0.363 e. The lowest BCUT2D eigenvalue weighted by molar-refractivity contribution is -0.0584. The zero-order chi connectivity index (χ0) is 21.3. The molecule has 5 nitrogen and oxygen atoms in total. The molecule has 0 atom stereocenters. The fourth-order valence-corrected chi connectivity index (χ4v) is 4.26. The summed E-state index contributed by atoms with van der Waals surface area (Å²) in [5, 5.41) is 0.532. The van der Waals surface area contributed by atoms with Crippen LogP contribution in [-0.4, -0.2) is 22.8 Å². The minimum absolute atomic E-state index is 0.231. The zero-order valence-corrected chi connectivity index (χ0v) is 17.4. The summed E-state index contributed by atoms with van der Waals surface area (Å²) in [5.41, 5.74) is 4.08. The van der Waals surface area contributed by atoms with Crippen molar-refractivity contribution < 1.29 is 19.2 Å². The molecule has 0 aromatic heterocycles. The number of hydrogen-bond donors (Lipinski definition) is 0. The first-order valence-electron chi connectivity index (χ1n) is 9.43. The van der Waals surface area contributed by atoms with Crippen LogP contribution in [-0.2, 0) is 10.6 Å². The molecule has 2 amide bonds. The van der Waals surface area contributed by atoms with E-state index in [0.29, 0.717) is 10.8 Å². The third kappa shape index (κ3) is 3.86. The minimum atomic E-state index is -0.747. The SMILES string of the molecule is Cc1ccc(C)c(SCc2cccc(C(=O)ON3C(=O)c4ccccc4C3=O)c2)c1. The molecule has 1 aliphatic rings. The van der Waals surface area contributed by atoms with Gasteiger partial charge in [0.05, 0.1) is 16.7 Å². The van der Waals surface area contributed by atoms with Crippen molar-refractivity contribution in [3.05, 3.63) is 100 Å². The Hall–Kier alpha value is -3.38. The maximum absolute atomic E-state index is 12.6. The summed E-state index contributed by atoms with van der Waals surface area (Å²) in [5.74, 6) is -1.34. The van der Waals surface area contributed by atoms with E-state index in [4.69, 9.17) is 4.84 Å². The topological polar surface area (TPSA) is 63.7 Å². The molecule has 150 valence electrons. The number of nitrogens with zero attached hydrogens (tertiary/aromatic N) is 1. The van der Waals surface area contributed by atoms with Crippen LogP contribution in [0.1, 0.15) is 47.8 Å². The summed E-state index contributed by atoms with van der Waals surface area (Å²) in [6.07, 6.45) is 0. The van der Waals surface area contributed by atoms with E-state index >= 15 is 0 Å². The first-order chi connectivity index (χ1) is 14.4. The molecule has 3 aromatic carbocycles. The van der Waals surface area contributed by atoms with Gasteiger partial charge in [0.25, 0.3) is 11.8 Å². The second-order valence-corrected chi connectivity index (χ2v) is 8.10. The van der Waals surface area contributed by atoms with E-state index in [1.54, 1.807) is 42.1 Å². The quantitative estimate of drug-likeness (QED) is 0.434. The van der Waals surface area contributed by atoms with Crippen LogP contribution in [0.15, 0.2) is 71.6 Å². The van der Waals surface area contributed by atoms with Crippen LogP contribution in [0.5, 0.6) is 0 Å². The summed E-state index contributed by atoms with van der Waals surface area (Å²) < 4.78 is 0. The maximum Gasteiger partial charge on any atom is 0.363 e. The van der Waals surface area contributed by atoms with E-state index in [1.165, 1.54) is 28.2 Å². The normalized spacial score (nSPS) is 12.8. The molecule has 0 unspecified atom stereocenters. The van der Waals surface area contributed by atoms with E-state index in [-0.39, 0.29) is 16.7 Å². The monoisotopic (exact) mass is 417 g/mol. The van der Waals surface area contributed by atoms with Crippen molar-refractivity contribution in [1.29, 1.82) is 0 Å². The lowest BCUT2D eigenvalue weighted by atomic mass is 10.1. The number of rotatable bonds is 5. The molecule has 1 heterocycles. The molecule has 0 saturated heterocycles. The maximum atomic E-state index is 12.6. The lowest BCUT2D eigenvalue weighted by Gasteiger charge is -2.13. The second kappa shape index (κ2) is 8.16. The van der Waals surface area contributed by atoms with Crippen molar-refractivity contribution in [1.82, 2.24) is 5.06 Å². The number of carbonyl (C=O) groups excluding carboxylic acids is 3. The fraction of sp³-hybridized carbons (Fsp3) is 0.125. The Labute approximate surface area is 178 Å². The van der Waals surface area contributed by atoms with Crippen LogP contribution in [0.3, 0.4) is 0 Å². The Bertz CT molecular complexity index is 1140. The van der Waals surface area contributed by atoms with E-state index < -0.39 is 17.8 Å². The molecular formula is C24H19NO4S. The van der Waals surface area contributed by atoms with Crippen LogP contribution in [0, 0.1) is 13.8 Å². The highest BCUT2D eigenvalue weighted by molar-refractivity contribution is 7.98. The van der Waals surface area contributed by atoms with Gasteiger partial charge in [-0.3, -0.25) is 9.59 Å². The first kappa shape index (κ1) is 19.9. The molecule has 0 fully saturated rings. The predicted molar refractivity (Wildman–Crippen MR) is 114 cm³/mol. The number of aryl methyl sites for hydroxylation is 2. The van der Waals surface area contributed by atoms with Gasteiger partial charge in [-0.1, -0.05) is 47.0 Å². The standard InChI is InChI=1S/C24H19NO4S/c1-15-10-11-16(2)21(12-15)30-14-17-6-5-7-18(13-17)24(28)29-25-22(26)19-8-3-4-9-20(19)23(25)27/h3-13H,14H2,1-2H3. The van der Waals surface area contributed by atoms with Crippen LogP contribution < -0.4 is 0 Å². The summed E-state index contributed by atoms with van der Waals surface area (Å²) in [7, 11) is 0. The number of carbonyl (C=O) groups is 3. The Morgan fingerprint density at radius 3 is 2.30 bits per heavy atom. The number of hydroxylamine groups is 2. The Morgan fingerprint density at radius 2 is 1.60 bits per heavy atom. The molecule has 30 heavy (non-hydrogen) atoms. The molecule has 0 aliphatic carbocycles. The van der Waals surface area contributed by atoms with Crippen molar-refractivity contribution in [3.8, 4) is 0 Å². The molecular weight excluding hydrogens is 398 g/mol. The van der Waals surface area contributed by atoms with E-state index in [1.807, 2.05) is 6.07 Å². The van der Waals surface area contributed by atoms with Crippen LogP contribution in [0.25, 0.3) is 0 Å². The van der Waals surface area contributed by atoms with Crippen molar-refractivity contribution in [2.75, 3.05) is 0 Å². The van der Waals surface area contributed by atoms with Gasteiger partial charge in [-0.05, 0) is 55.3 Å². The van der Waals surface area contributed by atoms with E-state index in [0.717, 1.165) is 5.56 Å². The van der Waals surface area contributed by atoms with Crippen LogP contribution >= 0.6 is 11.8 Å². The smallest absolute Gasteiger partial charge is 0.324 e. The molecule has 0 N–H and O–H groups in total. The summed E-state index contributed by atoms with van der Waals surface area (Å²) >= 11 is 1.69. The molecule has 3 aromatic rings. The molecule has 6 heteroatoms. The molecule has 0 saturated carbocycles. The van der Waals surface area contributed by atoms with Gasteiger partial charge in [0.1, 0.15) is 0 Å². The van der Waals surface area contributed by atoms with Gasteiger partial charge in [-0.25, -0.2) is 4.79 Å². The number of imide groups is 1. The van der Waals surface area contributed by atoms with Crippen molar-refractivity contribution >= 4 is 29.5 Å². The molecule has 4 rings (SSSR count). The van der Waals surface area contributed by atoms with Crippen molar-refractivity contribution in [2.24, 2.45) is 0 Å². The van der Waals surface area contributed by atoms with Crippen molar-refractivity contribution in [2.45, 2.75) is 24.5 Å². The Balaban J connectivity index is 1.46. The van der Waals surface area contributed by atoms with Gasteiger partial charge in [0.15, 0.2) is 0 Å². The highest BCUT2D eigenvalue weighted by Crippen LogP contribution is 2.28. The van der Waals surface area contributed by atoms with Gasteiger partial charge < -0.3 is 4.84 Å². The molecule has 0 bridgehead atoms. The molecule has 0 radical (unpaired) electrons. The number of amides is 2. The van der Waals surface area contributed by atoms with Crippen LogP contribution in [0.4, 0.5) is 0 Å². The molecule has 0 spiro atoms. The van der Waals surface area contributed by atoms with Crippen LogP contribution in [0.2, 0.25) is 0 Å². The predicted octanol–water partition coefficient (Wildman–Crippen LogP) is 4.96. The average Bonchev–Trinajstić information content (AvgIpc) is 2.99. The Kier molecular flexibility index (Phi) is 5.42. The highest BCUT2D eigenvalue weighted by atomic mass is 32.2. The van der Waals surface area contributed by atoms with E-state index in [9.17, 15) is 14.4 Å². The highest BCUT2D eigenvalue weighted by Gasteiger charge is 2.38. The first-order valence-corrected chi connectivity index (χ1v) is 10.4. The third-order valence-electron chi connectivity index (χ3n) is 4.83. The number of benzene rings is 3. The number of fused-ring (bicyclic) bond motifs is 1. The molecule has 1 aliphatic heterocycles. The lowest BCUT2D eigenvalue weighted by Crippen LogP contribution is -2.32. The van der Waals surface area contributed by atoms with Gasteiger partial charge in [-0.15, -0.1) is 11.8 Å². The Morgan fingerprint density at radius 1 is 0.900 bits per heavy atom. The summed E-state index contributed by atoms with van der Waals surface area (Å²) in [6, 6.07) is 19.7. The van der Waals surface area contributed by atoms with Gasteiger partial charge in [0, 0.05) is 10.6 Å². The van der Waals surface area contributed by atoms with Gasteiger partial charge in [-0.2, -0.15) is 0 Å². The fourth-order valence-electron chi connectivity index (χ4n) is 3.20. The van der Waals surface area contributed by atoms with Gasteiger partial charge in [0.2, 0.25) is 0 Å². The summed E-state index contributed by atoms with van der Waals surface area (Å²) in [4.78, 5) is 43.7. The average molecular weight is 417 g/mol.